The van der Waals surface area contributed by atoms with Crippen molar-refractivity contribution in [3.05, 3.63) is 81.9 Å². The number of alkyl halides is 6. The van der Waals surface area contributed by atoms with Crippen molar-refractivity contribution in [2.75, 3.05) is 13.1 Å². The molecule has 3 N–H and O–H groups in total. The molecule has 0 spiro atoms. The van der Waals surface area contributed by atoms with Crippen LogP contribution in [0.2, 0.25) is 0 Å². The topological polar surface area (TPSA) is 63.7 Å². The minimum Gasteiger partial charge on any atom is -0.870 e. The number of piperidine rings is 1. The van der Waals surface area contributed by atoms with Gasteiger partial charge < -0.3 is 10.8 Å². The van der Waals surface area contributed by atoms with Gasteiger partial charge in [-0.25, -0.2) is 0 Å². The number of halogens is 6. The van der Waals surface area contributed by atoms with E-state index in [1.165, 1.54) is 36.4 Å². The number of carbonyl (C=O) groups excluding carboxylic acids is 1. The van der Waals surface area contributed by atoms with Crippen LogP contribution in [0.1, 0.15) is 22.3 Å². The molecule has 0 atom stereocenters. The molecule has 31 heavy (non-hydrogen) atoms. The van der Waals surface area contributed by atoms with Gasteiger partial charge in [-0.3, -0.25) is 4.79 Å². The van der Waals surface area contributed by atoms with Crippen molar-refractivity contribution in [2.45, 2.75) is 12.4 Å². The maximum Gasteiger partial charge on any atom is 0.416 e. The van der Waals surface area contributed by atoms with Crippen LogP contribution in [0.15, 0.2) is 59.7 Å². The van der Waals surface area contributed by atoms with Crippen LogP contribution >= 0.6 is 0 Å². The van der Waals surface area contributed by atoms with E-state index in [2.05, 4.69) is 0 Å². The Balaban J connectivity index is 0.00000240. The summed E-state index contributed by atoms with van der Waals surface area (Å²) >= 11 is 0. The molecule has 2 aromatic rings. The number of Topliss-reactive ketones (excluding diaryl/α,β-unsaturated/α-hetero) is 1. The van der Waals surface area contributed by atoms with Crippen molar-refractivity contribution >= 4 is 17.9 Å². The van der Waals surface area contributed by atoms with E-state index in [-0.39, 0.29) is 84.9 Å². The number of hydrogen-bond acceptors (Lipinski definition) is 2. The van der Waals surface area contributed by atoms with Gasteiger partial charge in [0.15, 0.2) is 5.78 Å². The summed E-state index contributed by atoms with van der Waals surface area (Å²) in [4.78, 5) is 12.7. The molecule has 2 aromatic carbocycles. The Bertz CT molecular complexity index is 918. The summed E-state index contributed by atoms with van der Waals surface area (Å²) in [5, 5.41) is 1.66. The van der Waals surface area contributed by atoms with Gasteiger partial charge in [0.2, 0.25) is 0 Å². The Morgan fingerprint density at radius 2 is 1.06 bits per heavy atom. The Hall–Kier alpha value is -1.47. The molecule has 3 nitrogen and oxygen atoms in total. The standard InChI is InChI=1S/C21H15F6NO.Ac.H2O/c22-20(23,24)17-7-3-1-5-13(17)9-15-11-28-12-16(19(15)29)10-14-6-2-4-8-18(14)21(25,26)27;;/h1-10,28H,11-12H2;;1H2/b15-9+,16-10+;;. The van der Waals surface area contributed by atoms with Crippen LogP contribution < -0.4 is 5.32 Å². The molecule has 163 valence electrons. The number of hydrogen-bond donors (Lipinski definition) is 1. The fourth-order valence-electron chi connectivity index (χ4n) is 3.16. The van der Waals surface area contributed by atoms with Gasteiger partial charge in [0.25, 0.3) is 0 Å². The normalized spacial score (nSPS) is 17.3. The molecule has 1 aliphatic heterocycles. The zero-order valence-corrected chi connectivity index (χ0v) is 20.7. The Kier molecular flexibility index (Phi) is 9.70. The molecule has 1 aliphatic rings. The van der Waals surface area contributed by atoms with E-state index in [1.807, 2.05) is 0 Å². The third-order valence-corrected chi connectivity index (χ3v) is 4.50. The number of ketones is 1. The van der Waals surface area contributed by atoms with Crippen LogP contribution in [-0.4, -0.2) is 24.3 Å². The average molecular weight is 656 g/mol. The summed E-state index contributed by atoms with van der Waals surface area (Å²) in [6, 6.07) is 9.68. The average Bonchev–Trinajstić information content (AvgIpc) is 2.64. The minimum absolute atomic E-state index is 0. The first kappa shape index (κ1) is 27.6. The SMILES string of the molecule is O=C1/C(=C/c2ccccc2C(F)(F)F)C[NH2+]C/C1=C\c1ccccc1C(F)(F)F.[Ac].[OH-]. The number of rotatable bonds is 2. The first-order valence-corrected chi connectivity index (χ1v) is 8.67. The van der Waals surface area contributed by atoms with Gasteiger partial charge in [-0.05, 0) is 35.4 Å². The Labute approximate surface area is 210 Å². The quantitative estimate of drug-likeness (QED) is 0.390. The minimum atomic E-state index is -4.58. The molecule has 1 heterocycles. The molecular formula is C21H17AcF6NO2. The predicted octanol–water partition coefficient (Wildman–Crippen LogP) is 4.16. The Morgan fingerprint density at radius 3 is 1.42 bits per heavy atom. The van der Waals surface area contributed by atoms with Gasteiger partial charge in [-0.1, -0.05) is 36.4 Å². The summed E-state index contributed by atoms with van der Waals surface area (Å²) in [6.45, 7) is 0.284. The van der Waals surface area contributed by atoms with E-state index in [0.717, 1.165) is 24.3 Å². The summed E-state index contributed by atoms with van der Waals surface area (Å²) < 4.78 is 79.1. The van der Waals surface area contributed by atoms with E-state index in [0.29, 0.717) is 0 Å². The first-order chi connectivity index (χ1) is 13.6. The molecule has 0 amide bonds. The molecule has 0 saturated carbocycles. The number of benzene rings is 2. The second-order valence-corrected chi connectivity index (χ2v) is 6.54. The zero-order valence-electron chi connectivity index (χ0n) is 16.0. The van der Waals surface area contributed by atoms with Crippen molar-refractivity contribution < 1.29 is 86.0 Å². The molecule has 1 radical (unpaired) electrons. The second-order valence-electron chi connectivity index (χ2n) is 6.54. The number of carbonyl (C=O) groups is 1. The number of nitrogens with two attached hydrogens (primary N) is 1. The van der Waals surface area contributed by atoms with Gasteiger partial charge in [0.05, 0.1) is 22.3 Å². The van der Waals surface area contributed by atoms with E-state index in [9.17, 15) is 31.1 Å². The molecule has 0 aliphatic carbocycles. The van der Waals surface area contributed by atoms with Crippen LogP contribution in [0.5, 0.6) is 0 Å². The molecule has 0 unspecified atom stereocenters. The predicted molar refractivity (Wildman–Crippen MR) is 97.4 cm³/mol. The molecule has 0 aromatic heterocycles. The van der Waals surface area contributed by atoms with Crippen LogP contribution in [0.3, 0.4) is 0 Å². The molecule has 1 saturated heterocycles. The Morgan fingerprint density at radius 1 is 0.710 bits per heavy atom. The van der Waals surface area contributed by atoms with E-state index in [1.54, 1.807) is 5.32 Å². The molecule has 3 rings (SSSR count). The second kappa shape index (κ2) is 10.9. The van der Waals surface area contributed by atoms with E-state index < -0.39 is 29.3 Å². The van der Waals surface area contributed by atoms with Crippen molar-refractivity contribution in [3.8, 4) is 0 Å². The zero-order chi connectivity index (χ0) is 21.2. The first-order valence-electron chi connectivity index (χ1n) is 8.67. The number of quaternary nitrogens is 1. The van der Waals surface area contributed by atoms with Crippen molar-refractivity contribution in [3.63, 3.8) is 0 Å². The summed E-state index contributed by atoms with van der Waals surface area (Å²) in [5.74, 6) is -0.554. The molecular weight excluding hydrogens is 639 g/mol. The smallest absolute Gasteiger partial charge is 0.416 e. The maximum atomic E-state index is 13.2. The van der Waals surface area contributed by atoms with Crippen molar-refractivity contribution in [1.82, 2.24) is 0 Å². The fraction of sp³-hybridized carbons (Fsp3) is 0.190. The van der Waals surface area contributed by atoms with E-state index >= 15 is 0 Å². The van der Waals surface area contributed by atoms with Crippen LogP contribution in [0, 0.1) is 44.1 Å². The van der Waals surface area contributed by atoms with Crippen molar-refractivity contribution in [2.24, 2.45) is 0 Å². The fourth-order valence-corrected chi connectivity index (χ4v) is 3.16. The summed E-state index contributed by atoms with van der Waals surface area (Å²) in [5.41, 5.74) is -1.87. The summed E-state index contributed by atoms with van der Waals surface area (Å²) in [6.07, 6.45) is -6.85. The van der Waals surface area contributed by atoms with Crippen LogP contribution in [0.25, 0.3) is 12.2 Å². The molecule has 0 bridgehead atoms. The third-order valence-electron chi connectivity index (χ3n) is 4.50. The van der Waals surface area contributed by atoms with Gasteiger partial charge in [0, 0.05) is 44.1 Å². The van der Waals surface area contributed by atoms with Crippen molar-refractivity contribution in [1.29, 1.82) is 0 Å². The third kappa shape index (κ3) is 6.75. The largest absolute Gasteiger partial charge is 0.870 e. The van der Waals surface area contributed by atoms with Gasteiger partial charge in [0.1, 0.15) is 13.1 Å². The van der Waals surface area contributed by atoms with Gasteiger partial charge in [-0.15, -0.1) is 0 Å². The van der Waals surface area contributed by atoms with Gasteiger partial charge >= 0.3 is 12.4 Å². The van der Waals surface area contributed by atoms with Gasteiger partial charge in [-0.2, -0.15) is 26.3 Å². The maximum absolute atomic E-state index is 13.2. The summed E-state index contributed by atoms with van der Waals surface area (Å²) in [7, 11) is 0. The monoisotopic (exact) mass is 656 g/mol. The van der Waals surface area contributed by atoms with Crippen LogP contribution in [0.4, 0.5) is 26.3 Å². The van der Waals surface area contributed by atoms with Crippen LogP contribution in [-0.2, 0) is 17.1 Å². The molecule has 10 heteroatoms. The van der Waals surface area contributed by atoms with E-state index in [4.69, 9.17) is 0 Å². The molecule has 1 fully saturated rings.